The molecule has 0 rings (SSSR count). The average molecular weight is 425 g/mol. The summed E-state index contributed by atoms with van der Waals surface area (Å²) in [6.45, 7) is 19.7. The van der Waals surface area contributed by atoms with Crippen LogP contribution in [0.4, 0.5) is 0 Å². The number of primary amides is 1. The highest BCUT2D eigenvalue weighted by molar-refractivity contribution is 5.42. The number of amides is 1. The maximum Gasteiger partial charge on any atom is 0.204 e. The number of ether oxygens (including phenoxy) is 1. The maximum absolute atomic E-state index is 8.58. The van der Waals surface area contributed by atoms with Gasteiger partial charge in [-0.25, -0.2) is 0 Å². The van der Waals surface area contributed by atoms with Crippen LogP contribution in [0.5, 0.6) is 0 Å². The highest BCUT2D eigenvalue weighted by Crippen LogP contribution is 2.23. The van der Waals surface area contributed by atoms with Gasteiger partial charge in [0.25, 0.3) is 0 Å². The molecule has 0 bridgehead atoms. The Kier molecular flexibility index (Phi) is 22.3. The van der Waals surface area contributed by atoms with Crippen LogP contribution in [0.15, 0.2) is 47.3 Å². The van der Waals surface area contributed by atoms with Crippen LogP contribution in [-0.4, -0.2) is 43.8 Å². The van der Waals surface area contributed by atoms with Crippen LogP contribution >= 0.6 is 0 Å². The molecule has 3 N–H and O–H groups in total. The third-order valence-corrected chi connectivity index (χ3v) is 4.23. The molecule has 0 unspecified atom stereocenters. The van der Waals surface area contributed by atoms with Gasteiger partial charge in [-0.2, -0.15) is 0 Å². The summed E-state index contributed by atoms with van der Waals surface area (Å²) in [6.07, 6.45) is 10.9. The summed E-state index contributed by atoms with van der Waals surface area (Å²) in [5, 5.41) is 8.38. The molecule has 0 spiro atoms. The lowest BCUT2D eigenvalue weighted by atomic mass is 9.90. The van der Waals surface area contributed by atoms with E-state index in [-0.39, 0.29) is 13.2 Å². The van der Waals surface area contributed by atoms with Crippen LogP contribution < -0.4 is 5.73 Å². The molecular formula is C25H48N2O3. The molecule has 0 aromatic heterocycles. The maximum atomic E-state index is 8.58. The van der Waals surface area contributed by atoms with E-state index in [1.165, 1.54) is 16.7 Å². The predicted octanol–water partition coefficient (Wildman–Crippen LogP) is 5.58. The quantitative estimate of drug-likeness (QED) is 0.208. The number of allylic oxidation sites excluding steroid dienone is 6. The molecule has 1 amide bonds. The molecule has 5 nitrogen and oxygen atoms in total. The van der Waals surface area contributed by atoms with E-state index in [1.807, 2.05) is 0 Å². The van der Waals surface area contributed by atoms with Crippen molar-refractivity contribution in [3.05, 3.63) is 47.3 Å². The van der Waals surface area contributed by atoms with Gasteiger partial charge in [0.15, 0.2) is 6.79 Å². The Balaban J connectivity index is -0.000000451. The lowest BCUT2D eigenvalue weighted by Crippen LogP contribution is -2.14. The van der Waals surface area contributed by atoms with Gasteiger partial charge in [0.2, 0.25) is 6.41 Å². The second-order valence-corrected chi connectivity index (χ2v) is 8.39. The van der Waals surface area contributed by atoms with Gasteiger partial charge in [-0.1, -0.05) is 52.5 Å². The number of rotatable bonds is 10. The lowest BCUT2D eigenvalue weighted by molar-refractivity contribution is -0.106. The Hall–Kier alpha value is -1.85. The zero-order chi connectivity index (χ0) is 24.2. The summed E-state index contributed by atoms with van der Waals surface area (Å²) < 4.78 is 4.80. The fourth-order valence-corrected chi connectivity index (χ4v) is 2.60. The number of aliphatic hydroxyl groups excluding tert-OH is 1. The molecule has 0 radical (unpaired) electrons. The molecule has 5 heteroatoms. The monoisotopic (exact) mass is 424 g/mol. The van der Waals surface area contributed by atoms with Crippen molar-refractivity contribution in [3.63, 3.8) is 0 Å². The molecule has 0 aliphatic carbocycles. The first kappa shape index (κ1) is 32.8. The van der Waals surface area contributed by atoms with Crippen molar-refractivity contribution in [2.75, 3.05) is 27.4 Å². The Morgan fingerprint density at radius 2 is 1.73 bits per heavy atom. The summed E-state index contributed by atoms with van der Waals surface area (Å²) in [6, 6.07) is 0. The van der Waals surface area contributed by atoms with E-state index in [4.69, 9.17) is 14.6 Å². The van der Waals surface area contributed by atoms with Crippen LogP contribution in [0.25, 0.3) is 0 Å². The van der Waals surface area contributed by atoms with Crippen molar-refractivity contribution in [1.29, 1.82) is 0 Å². The van der Waals surface area contributed by atoms with Crippen molar-refractivity contribution in [2.24, 2.45) is 11.1 Å². The number of nitrogens with two attached hydrogens (primary N) is 1. The highest BCUT2D eigenvalue weighted by Gasteiger charge is 2.10. The van der Waals surface area contributed by atoms with E-state index >= 15 is 0 Å². The number of carbonyl (C=O) groups excluding carboxylic acids is 1. The number of aliphatic hydroxyl groups is 1. The Morgan fingerprint density at radius 1 is 1.20 bits per heavy atom. The Labute approximate surface area is 186 Å². The molecule has 0 heterocycles. The Morgan fingerprint density at radius 3 is 2.07 bits per heavy atom. The van der Waals surface area contributed by atoms with Crippen LogP contribution in [-0.2, 0) is 9.53 Å². The fraction of sp³-hybridized carbons (Fsp3) is 0.640. The summed E-state index contributed by atoms with van der Waals surface area (Å²) in [5.41, 5.74) is 8.87. The largest absolute Gasteiger partial charge is 0.473 e. The van der Waals surface area contributed by atoms with Gasteiger partial charge in [0.1, 0.15) is 0 Å². The summed E-state index contributed by atoms with van der Waals surface area (Å²) in [5.74, 6) is 0.669. The molecule has 0 aliphatic rings. The lowest BCUT2D eigenvalue weighted by Gasteiger charge is -2.18. The topological polar surface area (TPSA) is 75.8 Å². The smallest absolute Gasteiger partial charge is 0.204 e. The van der Waals surface area contributed by atoms with Gasteiger partial charge >= 0.3 is 0 Å². The SMILES string of the molecule is C=C(CCC(C)(C)C)OCO.C\C=C/C(C)=C(CC)/C(=C\C)CCN(C)C.NC=O. The summed E-state index contributed by atoms with van der Waals surface area (Å²) in [4.78, 5) is 10.8. The van der Waals surface area contributed by atoms with Gasteiger partial charge in [-0.05, 0) is 76.3 Å². The minimum absolute atomic E-state index is 0.250. The van der Waals surface area contributed by atoms with E-state index in [9.17, 15) is 0 Å². The second-order valence-electron chi connectivity index (χ2n) is 8.39. The zero-order valence-electron chi connectivity index (χ0n) is 21.0. The first-order chi connectivity index (χ1) is 13.9. The number of hydrogen-bond acceptors (Lipinski definition) is 4. The van der Waals surface area contributed by atoms with Crippen molar-refractivity contribution in [3.8, 4) is 0 Å². The van der Waals surface area contributed by atoms with Crippen molar-refractivity contribution < 1.29 is 14.6 Å². The van der Waals surface area contributed by atoms with Crippen LogP contribution in [0, 0.1) is 5.41 Å². The fourth-order valence-electron chi connectivity index (χ4n) is 2.60. The number of hydrogen-bond donors (Lipinski definition) is 2. The molecule has 176 valence electrons. The van der Waals surface area contributed by atoms with Crippen molar-refractivity contribution in [2.45, 2.75) is 74.1 Å². The van der Waals surface area contributed by atoms with Gasteiger partial charge in [0, 0.05) is 13.0 Å². The highest BCUT2D eigenvalue weighted by atomic mass is 16.6. The van der Waals surface area contributed by atoms with E-state index in [1.54, 1.807) is 0 Å². The predicted molar refractivity (Wildman–Crippen MR) is 131 cm³/mol. The third kappa shape index (κ3) is 22.4. The van der Waals surface area contributed by atoms with E-state index in [0.717, 1.165) is 32.2 Å². The molecular weight excluding hydrogens is 376 g/mol. The number of nitrogens with zero attached hydrogens (tertiary/aromatic N) is 1. The second kappa shape index (κ2) is 20.4. The van der Waals surface area contributed by atoms with E-state index < -0.39 is 0 Å². The molecule has 0 saturated heterocycles. The first-order valence-electron chi connectivity index (χ1n) is 10.6. The summed E-state index contributed by atoms with van der Waals surface area (Å²) >= 11 is 0. The zero-order valence-corrected chi connectivity index (χ0v) is 21.0. The van der Waals surface area contributed by atoms with Crippen LogP contribution in [0.2, 0.25) is 0 Å². The van der Waals surface area contributed by atoms with Gasteiger partial charge in [0.05, 0.1) is 5.76 Å². The van der Waals surface area contributed by atoms with E-state index in [2.05, 4.69) is 98.0 Å². The van der Waals surface area contributed by atoms with Gasteiger partial charge in [-0.15, -0.1) is 0 Å². The van der Waals surface area contributed by atoms with Crippen molar-refractivity contribution in [1.82, 2.24) is 4.90 Å². The Bertz CT molecular complexity index is 539. The molecule has 0 aromatic carbocycles. The first-order valence-corrected chi connectivity index (χ1v) is 10.6. The van der Waals surface area contributed by atoms with Gasteiger partial charge < -0.3 is 20.5 Å². The molecule has 0 atom stereocenters. The molecule has 0 aliphatic heterocycles. The van der Waals surface area contributed by atoms with E-state index in [0.29, 0.717) is 11.2 Å². The molecule has 0 aromatic rings. The van der Waals surface area contributed by atoms with Crippen LogP contribution in [0.3, 0.4) is 0 Å². The molecule has 0 saturated carbocycles. The third-order valence-electron chi connectivity index (χ3n) is 4.23. The number of carbonyl (C=O) groups is 1. The molecule has 30 heavy (non-hydrogen) atoms. The summed E-state index contributed by atoms with van der Waals surface area (Å²) in [7, 11) is 4.25. The normalized spacial score (nSPS) is 12.4. The minimum Gasteiger partial charge on any atom is -0.473 e. The van der Waals surface area contributed by atoms with Crippen molar-refractivity contribution >= 4 is 6.41 Å². The molecule has 0 fully saturated rings. The van der Waals surface area contributed by atoms with Crippen LogP contribution in [0.1, 0.15) is 74.1 Å². The minimum atomic E-state index is -0.261. The standard InChI is InChI=1S/C15H27N.C9H18O2.CH3NO/c1-7-10-13(4)15(9-3)14(8-2)11-12-16(5)6;1-8(11-7-10)5-6-9(2,3)4;2-1-3/h7-8,10H,9,11-12H2,1-6H3;10H,1,5-7H2,2-4H3;1H,(H2,2,3)/b10-7-,14-8-,15-13+;;. The average Bonchev–Trinajstić information content (AvgIpc) is 2.64. The van der Waals surface area contributed by atoms with Gasteiger partial charge in [-0.3, -0.25) is 4.79 Å².